The van der Waals surface area contributed by atoms with Gasteiger partial charge >= 0.3 is 5.97 Å². The van der Waals surface area contributed by atoms with Gasteiger partial charge in [-0.1, -0.05) is 12.1 Å². The van der Waals surface area contributed by atoms with Gasteiger partial charge in [0.05, 0.1) is 61.2 Å². The zero-order valence-corrected chi connectivity index (χ0v) is 25.3. The van der Waals surface area contributed by atoms with E-state index in [0.29, 0.717) is 38.7 Å². The first kappa shape index (κ1) is 30.3. The van der Waals surface area contributed by atoms with Gasteiger partial charge in [-0.3, -0.25) is 9.36 Å². The molecule has 2 N–H and O–H groups in total. The fraction of sp³-hybridized carbons (Fsp3) is 0.323. The highest BCUT2D eigenvalue weighted by Crippen LogP contribution is 2.40. The van der Waals surface area contributed by atoms with Crippen molar-refractivity contribution in [2.24, 2.45) is 5.73 Å². The Labute approximate surface area is 247 Å². The van der Waals surface area contributed by atoms with Crippen LogP contribution in [0.25, 0.3) is 17.5 Å². The molecule has 0 unspecified atom stereocenters. The van der Waals surface area contributed by atoms with Crippen LogP contribution in [-0.4, -0.2) is 44.1 Å². The Balaban J connectivity index is 1.98. The minimum atomic E-state index is -0.914. The van der Waals surface area contributed by atoms with Gasteiger partial charge < -0.3 is 29.4 Å². The third-order valence-electron chi connectivity index (χ3n) is 6.41. The molecule has 0 aliphatic carbocycles. The smallest absolute Gasteiger partial charge is 0.337 e. The maximum absolute atomic E-state index is 13.7. The Morgan fingerprint density at radius 3 is 2.12 bits per heavy atom. The molecule has 0 amide bonds. The number of nitrogens with two attached hydrogens (primary N) is 1. The summed E-state index contributed by atoms with van der Waals surface area (Å²) in [5.74, 6) is 0.331. The lowest BCUT2D eigenvalue weighted by molar-refractivity contribution is -0.134. The van der Waals surface area contributed by atoms with Crippen molar-refractivity contribution >= 4 is 34.8 Å². The summed E-state index contributed by atoms with van der Waals surface area (Å²) in [6.45, 7) is 7.61. The van der Waals surface area contributed by atoms with Crippen molar-refractivity contribution in [1.82, 2.24) is 4.57 Å². The molecule has 0 fully saturated rings. The van der Waals surface area contributed by atoms with Crippen molar-refractivity contribution in [1.29, 1.82) is 5.26 Å². The fourth-order valence-corrected chi connectivity index (χ4v) is 5.84. The molecule has 1 aliphatic rings. The Morgan fingerprint density at radius 1 is 0.976 bits per heavy atom. The van der Waals surface area contributed by atoms with Crippen LogP contribution in [0.15, 0.2) is 46.8 Å². The standard InChI is InChI=1S/C31H33N3O7S/c1-16(2)40-21-10-8-18(12-23(21)37-5)13-25-29(35)34-28(33)20(15-32)26(27(30(34)42-25)31(36)39-7)19-9-11-22(41-17(3)4)24(14-19)38-6/h8-14,16-17,26H,33H2,1-7H3/b25-13-/t26-/m0/s1. The highest BCUT2D eigenvalue weighted by atomic mass is 32.1. The maximum Gasteiger partial charge on any atom is 0.337 e. The van der Waals surface area contributed by atoms with E-state index >= 15 is 0 Å². The van der Waals surface area contributed by atoms with Gasteiger partial charge in [0.1, 0.15) is 10.5 Å². The van der Waals surface area contributed by atoms with Crippen LogP contribution >= 0.6 is 11.3 Å². The molecule has 10 nitrogen and oxygen atoms in total. The molecule has 0 radical (unpaired) electrons. The second kappa shape index (κ2) is 12.4. The molecule has 4 rings (SSSR count). The Bertz CT molecular complexity index is 1780. The number of nitriles is 1. The summed E-state index contributed by atoms with van der Waals surface area (Å²) in [6, 6.07) is 12.6. The van der Waals surface area contributed by atoms with Crippen LogP contribution in [0, 0.1) is 11.3 Å². The Hall–Kier alpha value is -4.69. The zero-order chi connectivity index (χ0) is 30.7. The number of allylic oxidation sites excluding steroid dienone is 1. The topological polar surface area (TPSA) is 135 Å². The molecule has 1 aromatic heterocycles. The van der Waals surface area contributed by atoms with Gasteiger partial charge in [0.25, 0.3) is 5.56 Å². The lowest BCUT2D eigenvalue weighted by Crippen LogP contribution is -2.40. The molecule has 0 spiro atoms. The van der Waals surface area contributed by atoms with Gasteiger partial charge in [-0.05, 0) is 69.2 Å². The largest absolute Gasteiger partial charge is 0.493 e. The maximum atomic E-state index is 13.7. The van der Waals surface area contributed by atoms with E-state index in [1.807, 2.05) is 27.7 Å². The summed E-state index contributed by atoms with van der Waals surface area (Å²) in [4.78, 5) is 27.0. The molecular formula is C31H33N3O7S. The zero-order valence-electron chi connectivity index (χ0n) is 24.5. The minimum Gasteiger partial charge on any atom is -0.493 e. The average Bonchev–Trinajstić information content (AvgIpc) is 3.28. The molecule has 220 valence electrons. The van der Waals surface area contributed by atoms with Gasteiger partial charge in [0.2, 0.25) is 0 Å². The number of nitrogens with zero attached hydrogens (tertiary/aromatic N) is 2. The second-order valence-electron chi connectivity index (χ2n) is 9.96. The lowest BCUT2D eigenvalue weighted by Gasteiger charge is -2.25. The lowest BCUT2D eigenvalue weighted by atomic mass is 9.83. The molecule has 0 saturated carbocycles. The van der Waals surface area contributed by atoms with Gasteiger partial charge in [-0.25, -0.2) is 4.79 Å². The van der Waals surface area contributed by atoms with E-state index in [9.17, 15) is 14.9 Å². The van der Waals surface area contributed by atoms with Crippen LogP contribution in [0.1, 0.15) is 44.7 Å². The van der Waals surface area contributed by atoms with E-state index in [1.165, 1.54) is 25.9 Å². The van der Waals surface area contributed by atoms with Gasteiger partial charge in [-0.15, -0.1) is 11.3 Å². The Kier molecular flexibility index (Phi) is 8.97. The van der Waals surface area contributed by atoms with E-state index < -0.39 is 17.4 Å². The van der Waals surface area contributed by atoms with E-state index in [4.69, 9.17) is 29.4 Å². The number of rotatable bonds is 9. The number of methoxy groups -OCH3 is 3. The highest BCUT2D eigenvalue weighted by Gasteiger charge is 2.36. The first-order chi connectivity index (χ1) is 20.0. The van der Waals surface area contributed by atoms with Crippen molar-refractivity contribution < 1.29 is 28.5 Å². The number of carbonyl (C=O) groups excluding carboxylic acids is 1. The summed E-state index contributed by atoms with van der Waals surface area (Å²) in [7, 11) is 4.29. The van der Waals surface area contributed by atoms with E-state index in [2.05, 4.69) is 6.07 Å². The minimum absolute atomic E-state index is 0.0331. The quantitative estimate of drug-likeness (QED) is 0.373. The van der Waals surface area contributed by atoms with Gasteiger partial charge in [0, 0.05) is 0 Å². The predicted molar refractivity (Wildman–Crippen MR) is 160 cm³/mol. The Morgan fingerprint density at radius 2 is 1.57 bits per heavy atom. The average molecular weight is 592 g/mol. The molecular weight excluding hydrogens is 558 g/mol. The molecule has 1 aliphatic heterocycles. The molecule has 3 aromatic rings. The van der Waals surface area contributed by atoms with Crippen molar-refractivity contribution in [3.8, 4) is 29.1 Å². The summed E-state index contributed by atoms with van der Waals surface area (Å²) in [5, 5.41) is 10.2. The van der Waals surface area contributed by atoms with Crippen LogP contribution in [0.3, 0.4) is 0 Å². The molecule has 0 saturated heterocycles. The second-order valence-corrected chi connectivity index (χ2v) is 11.0. The molecule has 42 heavy (non-hydrogen) atoms. The van der Waals surface area contributed by atoms with Crippen LogP contribution in [0.4, 0.5) is 0 Å². The van der Waals surface area contributed by atoms with Crippen LogP contribution < -0.4 is 39.4 Å². The van der Waals surface area contributed by atoms with E-state index in [1.54, 1.807) is 42.5 Å². The summed E-state index contributed by atoms with van der Waals surface area (Å²) >= 11 is 1.08. The summed E-state index contributed by atoms with van der Waals surface area (Å²) < 4.78 is 29.6. The first-order valence-corrected chi connectivity index (χ1v) is 14.0. The number of thiazole rings is 1. The van der Waals surface area contributed by atoms with Crippen molar-refractivity contribution in [2.45, 2.75) is 45.8 Å². The number of esters is 1. The van der Waals surface area contributed by atoms with Crippen molar-refractivity contribution in [3.63, 3.8) is 0 Å². The van der Waals surface area contributed by atoms with Crippen molar-refractivity contribution in [3.05, 3.63) is 72.6 Å². The van der Waals surface area contributed by atoms with Crippen LogP contribution in [0.2, 0.25) is 0 Å². The van der Waals surface area contributed by atoms with Gasteiger partial charge in [0.15, 0.2) is 23.0 Å². The number of hydrogen-bond donors (Lipinski definition) is 1. The number of ether oxygens (including phenoxy) is 5. The molecule has 0 bridgehead atoms. The number of fused-ring (bicyclic) bond motifs is 1. The summed E-state index contributed by atoms with van der Waals surface area (Å²) in [6.07, 6.45) is 1.52. The highest BCUT2D eigenvalue weighted by molar-refractivity contribution is 7.07. The van der Waals surface area contributed by atoms with E-state index in [0.717, 1.165) is 11.3 Å². The van der Waals surface area contributed by atoms with Crippen LogP contribution in [-0.2, 0) is 9.53 Å². The fourth-order valence-electron chi connectivity index (χ4n) is 4.68. The normalized spacial score (nSPS) is 15.0. The number of carbonyl (C=O) groups is 1. The van der Waals surface area contributed by atoms with Crippen LogP contribution in [0.5, 0.6) is 23.0 Å². The third-order valence-corrected chi connectivity index (χ3v) is 7.51. The predicted octanol–water partition coefficient (Wildman–Crippen LogP) is 3.10. The first-order valence-electron chi connectivity index (χ1n) is 13.2. The number of benzene rings is 2. The SMILES string of the molecule is COC(=O)C1=c2s/c(=C\c3ccc(OC(C)C)c(OC)c3)c(=O)n2C(N)=C(C#N)[C@@H]1c1ccc(OC(C)C)c(OC)c1. The van der Waals surface area contributed by atoms with Crippen molar-refractivity contribution in [2.75, 3.05) is 21.3 Å². The molecule has 2 heterocycles. The molecule has 1 atom stereocenters. The van der Waals surface area contributed by atoms with E-state index in [-0.39, 0.29) is 33.8 Å². The number of aromatic nitrogens is 1. The monoisotopic (exact) mass is 591 g/mol. The summed E-state index contributed by atoms with van der Waals surface area (Å²) in [5.41, 5.74) is 7.37. The third kappa shape index (κ3) is 5.71. The molecule has 11 heteroatoms. The molecule has 2 aromatic carbocycles. The number of hydrogen-bond acceptors (Lipinski definition) is 10. The van der Waals surface area contributed by atoms with Gasteiger partial charge in [-0.2, -0.15) is 5.26 Å².